The van der Waals surface area contributed by atoms with Crippen LogP contribution in [0.1, 0.15) is 82.5 Å². The minimum atomic E-state index is -0.699. The van der Waals surface area contributed by atoms with Crippen molar-refractivity contribution in [1.82, 2.24) is 40.4 Å². The third-order valence-corrected chi connectivity index (χ3v) is 13.1. The highest BCUT2D eigenvalue weighted by atomic mass is 16.5. The molecule has 2 aliphatic heterocycles. The predicted octanol–water partition coefficient (Wildman–Crippen LogP) is 7.27. The van der Waals surface area contributed by atoms with E-state index in [1.54, 1.807) is 6.92 Å². The Hall–Kier alpha value is -6.18. The van der Waals surface area contributed by atoms with Crippen molar-refractivity contribution in [2.75, 3.05) is 20.8 Å². The number of methoxy groups -OCH3 is 2. The first-order chi connectivity index (χ1) is 28.6. The van der Waals surface area contributed by atoms with Crippen LogP contribution in [0.2, 0.25) is 0 Å². The number of hydrogen-bond acceptors (Lipinski definition) is 8. The second kappa shape index (κ2) is 15.2. The molecule has 9 rings (SSSR count). The van der Waals surface area contributed by atoms with Gasteiger partial charge in [0, 0.05) is 18.2 Å². The van der Waals surface area contributed by atoms with Gasteiger partial charge in [0.2, 0.25) is 11.8 Å². The van der Waals surface area contributed by atoms with Crippen LogP contribution in [0.4, 0.5) is 9.59 Å². The first-order valence-electron chi connectivity index (χ1n) is 20.6. The highest BCUT2D eigenvalue weighted by Gasteiger charge is 2.55. The van der Waals surface area contributed by atoms with E-state index in [-0.39, 0.29) is 35.4 Å². The molecule has 6 atom stereocenters. The summed E-state index contributed by atoms with van der Waals surface area (Å²) in [6.45, 7) is 4.24. The molecule has 14 nitrogen and oxygen atoms in total. The summed E-state index contributed by atoms with van der Waals surface area (Å²) in [7, 11) is 2.59. The SMILES string of the molecule is CC[C@H](NC(=O)OC)C(=O)N1CC2(CC2)C[C@H]1c1ncc(-c2ccc3cc(-c4ccc(-c5cnc([C@@H]6[C@H]7CC[C@H](C7)N6C(=O)[C@H](C)NC(=O)OC)[nH]5)cc4)ccc3c2)[nH]1. The number of hydrogen-bond donors (Lipinski definition) is 4. The maximum Gasteiger partial charge on any atom is 0.407 e. The van der Waals surface area contributed by atoms with Gasteiger partial charge in [0.05, 0.1) is 50.1 Å². The largest absolute Gasteiger partial charge is 0.453 e. The van der Waals surface area contributed by atoms with Crippen LogP contribution in [0.25, 0.3) is 44.4 Å². The molecule has 4 amide bonds. The molecule has 2 saturated carbocycles. The normalized spacial score (nSPS) is 22.4. The molecular formula is C45H50N8O6. The maximum absolute atomic E-state index is 13.7. The van der Waals surface area contributed by atoms with Crippen molar-refractivity contribution >= 4 is 34.8 Å². The molecule has 59 heavy (non-hydrogen) atoms. The monoisotopic (exact) mass is 798 g/mol. The fourth-order valence-electron chi connectivity index (χ4n) is 9.71. The fraction of sp³-hybridized carbons (Fsp3) is 0.422. The molecular weight excluding hydrogens is 749 g/mol. The van der Waals surface area contributed by atoms with Gasteiger partial charge < -0.3 is 39.9 Å². The number of aromatic amines is 2. The average molecular weight is 799 g/mol. The van der Waals surface area contributed by atoms with Gasteiger partial charge in [-0.05, 0) is 103 Å². The summed E-state index contributed by atoms with van der Waals surface area (Å²) in [5.74, 6) is 1.63. The Morgan fingerprint density at radius 1 is 0.797 bits per heavy atom. The molecule has 2 saturated heterocycles. The van der Waals surface area contributed by atoms with E-state index in [1.807, 2.05) is 29.1 Å². The molecule has 0 unspecified atom stereocenters. The molecule has 14 heteroatoms. The molecule has 0 radical (unpaired) electrons. The summed E-state index contributed by atoms with van der Waals surface area (Å²) < 4.78 is 9.49. The van der Waals surface area contributed by atoms with E-state index in [9.17, 15) is 19.2 Å². The van der Waals surface area contributed by atoms with Crippen molar-refractivity contribution in [2.45, 2.75) is 89.0 Å². The molecule has 2 aliphatic carbocycles. The van der Waals surface area contributed by atoms with Gasteiger partial charge in [0.15, 0.2) is 0 Å². The molecule has 4 fully saturated rings. The fourth-order valence-corrected chi connectivity index (χ4v) is 9.71. The Bertz CT molecular complexity index is 2420. The van der Waals surface area contributed by atoms with Crippen molar-refractivity contribution in [3.05, 3.63) is 84.7 Å². The minimum Gasteiger partial charge on any atom is -0.453 e. The van der Waals surface area contributed by atoms with Gasteiger partial charge in [-0.2, -0.15) is 0 Å². The zero-order valence-electron chi connectivity index (χ0n) is 33.8. The summed E-state index contributed by atoms with van der Waals surface area (Å²) in [5.41, 5.74) is 6.10. The quantitative estimate of drug-likeness (QED) is 0.114. The van der Waals surface area contributed by atoms with Crippen LogP contribution in [0.3, 0.4) is 0 Å². The lowest BCUT2D eigenvalue weighted by atomic mass is 9.97. The number of carbonyl (C=O) groups excluding carboxylic acids is 4. The number of alkyl carbamates (subject to hydrolysis) is 2. The lowest BCUT2D eigenvalue weighted by molar-refractivity contribution is -0.137. The number of amides is 4. The van der Waals surface area contributed by atoms with E-state index < -0.39 is 24.3 Å². The Balaban J connectivity index is 0.888. The van der Waals surface area contributed by atoms with E-state index >= 15 is 0 Å². The Kier molecular flexibility index (Phi) is 9.88. The number of fused-ring (bicyclic) bond motifs is 3. The molecule has 4 aliphatic rings. The van der Waals surface area contributed by atoms with E-state index in [1.165, 1.54) is 14.2 Å². The standard InChI is InChI=1S/C45H50N8O6/c1-5-34(51-44(57)59-4)42(55)52-24-45(16-17-45)21-37(52)39-46-23-36(49-39)31-13-12-29-18-28(10-11-30(29)19-31)26-6-8-27(9-7-26)35-22-47-40(50-35)38-32-14-15-33(20-32)53(38)41(54)25(2)48-43(56)58-3/h6-13,18-19,22-23,25,32-34,37-38H,5,14-17,20-21,24H2,1-4H3,(H,46,49)(H,47,50)(H,48,56)(H,51,57)/t25-,32-,33+,34-,37-,38-/m0/s1. The molecule has 2 aromatic heterocycles. The van der Waals surface area contributed by atoms with Gasteiger partial charge in [-0.15, -0.1) is 0 Å². The number of nitrogens with one attached hydrogen (secondary N) is 4. The second-order valence-electron chi connectivity index (χ2n) is 16.8. The second-order valence-corrected chi connectivity index (χ2v) is 16.8. The van der Waals surface area contributed by atoms with Gasteiger partial charge >= 0.3 is 12.2 Å². The minimum absolute atomic E-state index is 0.105. The number of aromatic nitrogens is 4. The highest BCUT2D eigenvalue weighted by molar-refractivity contribution is 5.91. The Morgan fingerprint density at radius 3 is 2.10 bits per heavy atom. The van der Waals surface area contributed by atoms with Crippen LogP contribution in [0.15, 0.2) is 73.1 Å². The molecule has 5 aromatic rings. The number of ether oxygens (including phenoxy) is 2. The molecule has 306 valence electrons. The van der Waals surface area contributed by atoms with Crippen molar-refractivity contribution in [2.24, 2.45) is 11.3 Å². The number of likely N-dealkylation sites (tertiary alicyclic amines) is 2. The van der Waals surface area contributed by atoms with Gasteiger partial charge in [-0.1, -0.05) is 55.5 Å². The summed E-state index contributed by atoms with van der Waals surface area (Å²) in [6.07, 6.45) is 8.89. The summed E-state index contributed by atoms with van der Waals surface area (Å²) in [4.78, 5) is 71.4. The number of nitrogens with zero attached hydrogens (tertiary/aromatic N) is 4. The first-order valence-corrected chi connectivity index (χ1v) is 20.6. The van der Waals surface area contributed by atoms with E-state index in [2.05, 4.69) is 81.3 Å². The predicted molar refractivity (Wildman–Crippen MR) is 221 cm³/mol. The number of rotatable bonds is 10. The number of carbonyl (C=O) groups is 4. The number of H-pyrrole nitrogens is 2. The van der Waals surface area contributed by atoms with E-state index in [0.717, 1.165) is 94.6 Å². The maximum atomic E-state index is 13.7. The van der Waals surface area contributed by atoms with E-state index in [4.69, 9.17) is 19.4 Å². The van der Waals surface area contributed by atoms with Gasteiger partial charge in [0.25, 0.3) is 0 Å². The Labute approximate surface area is 342 Å². The lowest BCUT2D eigenvalue weighted by Gasteiger charge is -2.36. The number of piperidine rings is 1. The average Bonchev–Trinajstić information content (AvgIpc) is 3.89. The van der Waals surface area contributed by atoms with Crippen LogP contribution < -0.4 is 10.6 Å². The van der Waals surface area contributed by atoms with Crippen molar-refractivity contribution in [3.8, 4) is 33.6 Å². The van der Waals surface area contributed by atoms with Gasteiger partial charge in [0.1, 0.15) is 23.7 Å². The van der Waals surface area contributed by atoms with Crippen LogP contribution in [-0.4, -0.2) is 92.6 Å². The zero-order chi connectivity index (χ0) is 41.0. The topological polar surface area (TPSA) is 175 Å². The number of benzene rings is 3. The highest BCUT2D eigenvalue weighted by Crippen LogP contribution is 2.58. The first kappa shape index (κ1) is 38.3. The summed E-state index contributed by atoms with van der Waals surface area (Å²) in [5, 5.41) is 7.54. The van der Waals surface area contributed by atoms with Gasteiger partial charge in [-0.25, -0.2) is 19.6 Å². The van der Waals surface area contributed by atoms with Crippen LogP contribution >= 0.6 is 0 Å². The van der Waals surface area contributed by atoms with E-state index in [0.29, 0.717) is 18.9 Å². The molecule has 3 aromatic carbocycles. The molecule has 4 heterocycles. The van der Waals surface area contributed by atoms with Crippen molar-refractivity contribution in [1.29, 1.82) is 0 Å². The Morgan fingerprint density at radius 2 is 1.41 bits per heavy atom. The zero-order valence-corrected chi connectivity index (χ0v) is 33.8. The van der Waals surface area contributed by atoms with Crippen LogP contribution in [0.5, 0.6) is 0 Å². The number of imidazole rings is 2. The molecule has 1 spiro atoms. The molecule has 4 N–H and O–H groups in total. The lowest BCUT2D eigenvalue weighted by Crippen LogP contribution is -2.50. The smallest absolute Gasteiger partial charge is 0.407 e. The molecule has 2 bridgehead atoms. The van der Waals surface area contributed by atoms with Crippen molar-refractivity contribution in [3.63, 3.8) is 0 Å². The van der Waals surface area contributed by atoms with Gasteiger partial charge in [-0.3, -0.25) is 9.59 Å². The summed E-state index contributed by atoms with van der Waals surface area (Å²) in [6, 6.07) is 19.7. The third-order valence-electron chi connectivity index (χ3n) is 13.1. The van der Waals surface area contributed by atoms with Crippen LogP contribution in [-0.2, 0) is 19.1 Å². The van der Waals surface area contributed by atoms with Crippen LogP contribution in [0, 0.1) is 11.3 Å². The van der Waals surface area contributed by atoms with Crippen molar-refractivity contribution < 1.29 is 28.7 Å². The summed E-state index contributed by atoms with van der Waals surface area (Å²) >= 11 is 0. The third kappa shape index (κ3) is 7.18.